The van der Waals surface area contributed by atoms with E-state index in [4.69, 9.17) is 5.26 Å². The molecule has 1 nitrogen and oxygen atoms in total. The SMILES string of the molecule is CC=CC=CC=CCC#N. The van der Waals surface area contributed by atoms with Gasteiger partial charge in [0.1, 0.15) is 0 Å². The molecule has 0 amide bonds. The zero-order chi connectivity index (χ0) is 7.66. The molecule has 10 heavy (non-hydrogen) atoms. The summed E-state index contributed by atoms with van der Waals surface area (Å²) in [6.45, 7) is 1.96. The number of hydrogen-bond acceptors (Lipinski definition) is 1. The first-order chi connectivity index (χ1) is 4.91. The van der Waals surface area contributed by atoms with Crippen molar-refractivity contribution in [3.8, 4) is 6.07 Å². The first-order valence-electron chi connectivity index (χ1n) is 3.23. The van der Waals surface area contributed by atoms with E-state index in [9.17, 15) is 0 Å². The van der Waals surface area contributed by atoms with Crippen LogP contribution in [-0.2, 0) is 0 Å². The molecule has 0 radical (unpaired) electrons. The van der Waals surface area contributed by atoms with Gasteiger partial charge in [0, 0.05) is 0 Å². The van der Waals surface area contributed by atoms with Gasteiger partial charge in [0.15, 0.2) is 0 Å². The van der Waals surface area contributed by atoms with Gasteiger partial charge < -0.3 is 0 Å². The Labute approximate surface area is 62.0 Å². The second-order valence-corrected chi connectivity index (χ2v) is 1.70. The maximum atomic E-state index is 8.13. The summed E-state index contributed by atoms with van der Waals surface area (Å²) in [6.07, 6.45) is 11.9. The molecule has 0 heterocycles. The predicted octanol–water partition coefficient (Wildman–Crippen LogP) is 2.59. The van der Waals surface area contributed by atoms with E-state index in [0.29, 0.717) is 6.42 Å². The van der Waals surface area contributed by atoms with Gasteiger partial charge in [0.25, 0.3) is 0 Å². The highest BCUT2D eigenvalue weighted by atomic mass is 14.2. The van der Waals surface area contributed by atoms with Crippen molar-refractivity contribution in [1.82, 2.24) is 0 Å². The molecule has 0 aromatic rings. The molecule has 0 unspecified atom stereocenters. The van der Waals surface area contributed by atoms with Gasteiger partial charge in [-0.3, -0.25) is 0 Å². The number of hydrogen-bond donors (Lipinski definition) is 0. The van der Waals surface area contributed by atoms with E-state index in [1.807, 2.05) is 49.4 Å². The Hall–Kier alpha value is -1.29. The molecule has 0 rings (SSSR count). The van der Waals surface area contributed by atoms with Gasteiger partial charge >= 0.3 is 0 Å². The molecule has 0 fully saturated rings. The van der Waals surface area contributed by atoms with Crippen LogP contribution in [0.25, 0.3) is 0 Å². The van der Waals surface area contributed by atoms with Gasteiger partial charge in [-0.1, -0.05) is 36.5 Å². The molecule has 0 aromatic heterocycles. The lowest BCUT2D eigenvalue weighted by Gasteiger charge is -1.71. The Morgan fingerprint density at radius 1 is 1.20 bits per heavy atom. The summed E-state index contributed by atoms with van der Waals surface area (Å²) in [5.74, 6) is 0. The Bertz CT molecular complexity index is 179. The quantitative estimate of drug-likeness (QED) is 0.543. The molecule has 1 heteroatoms. The second-order valence-electron chi connectivity index (χ2n) is 1.70. The third kappa shape index (κ3) is 6.71. The average molecular weight is 133 g/mol. The van der Waals surface area contributed by atoms with Crippen molar-refractivity contribution < 1.29 is 0 Å². The fourth-order valence-electron chi connectivity index (χ4n) is 0.439. The summed E-state index contributed by atoms with van der Waals surface area (Å²) < 4.78 is 0. The van der Waals surface area contributed by atoms with Crippen LogP contribution in [0.5, 0.6) is 0 Å². The van der Waals surface area contributed by atoms with Crippen molar-refractivity contribution in [1.29, 1.82) is 5.26 Å². The highest BCUT2D eigenvalue weighted by Gasteiger charge is 1.65. The van der Waals surface area contributed by atoms with Gasteiger partial charge in [0.2, 0.25) is 0 Å². The van der Waals surface area contributed by atoms with E-state index in [1.165, 1.54) is 0 Å². The lowest BCUT2D eigenvalue weighted by molar-refractivity contribution is 1.35. The van der Waals surface area contributed by atoms with Gasteiger partial charge in [-0.15, -0.1) is 0 Å². The standard InChI is InChI=1S/C9H11N/c1-2-3-4-5-6-7-8-9-10/h2-7H,8H2,1H3. The molecule has 0 saturated carbocycles. The summed E-state index contributed by atoms with van der Waals surface area (Å²) in [5, 5.41) is 8.13. The molecule has 0 N–H and O–H groups in total. The summed E-state index contributed by atoms with van der Waals surface area (Å²) in [7, 11) is 0. The third-order valence-corrected chi connectivity index (χ3v) is 0.871. The number of nitrogens with zero attached hydrogens (tertiary/aromatic N) is 1. The summed E-state index contributed by atoms with van der Waals surface area (Å²) in [5.41, 5.74) is 0. The molecule has 0 bridgehead atoms. The van der Waals surface area contributed by atoms with Crippen molar-refractivity contribution in [2.75, 3.05) is 0 Å². The van der Waals surface area contributed by atoms with Crippen LogP contribution in [0.1, 0.15) is 13.3 Å². The molecule has 0 atom stereocenters. The molecule has 0 saturated heterocycles. The van der Waals surface area contributed by atoms with E-state index < -0.39 is 0 Å². The van der Waals surface area contributed by atoms with Gasteiger partial charge in [0.05, 0.1) is 12.5 Å². The van der Waals surface area contributed by atoms with Crippen molar-refractivity contribution in [2.45, 2.75) is 13.3 Å². The van der Waals surface area contributed by atoms with Crippen molar-refractivity contribution in [3.63, 3.8) is 0 Å². The Morgan fingerprint density at radius 3 is 2.50 bits per heavy atom. The highest BCUT2D eigenvalue weighted by Crippen LogP contribution is 1.82. The highest BCUT2D eigenvalue weighted by molar-refractivity contribution is 5.11. The molecular weight excluding hydrogens is 122 g/mol. The monoisotopic (exact) mass is 133 g/mol. The van der Waals surface area contributed by atoms with Gasteiger partial charge in [-0.2, -0.15) is 5.26 Å². The largest absolute Gasteiger partial charge is 0.198 e. The second kappa shape index (κ2) is 7.71. The molecule has 0 aliphatic carbocycles. The zero-order valence-corrected chi connectivity index (χ0v) is 6.12. The fraction of sp³-hybridized carbons (Fsp3) is 0.222. The van der Waals surface area contributed by atoms with Crippen molar-refractivity contribution in [3.05, 3.63) is 36.5 Å². The first kappa shape index (κ1) is 8.71. The molecule has 52 valence electrons. The van der Waals surface area contributed by atoms with Crippen molar-refractivity contribution in [2.24, 2.45) is 0 Å². The van der Waals surface area contributed by atoms with E-state index in [0.717, 1.165) is 0 Å². The maximum Gasteiger partial charge on any atom is 0.0663 e. The Balaban J connectivity index is 3.44. The minimum Gasteiger partial charge on any atom is -0.198 e. The smallest absolute Gasteiger partial charge is 0.0663 e. The first-order valence-corrected chi connectivity index (χ1v) is 3.23. The summed E-state index contributed by atoms with van der Waals surface area (Å²) in [4.78, 5) is 0. The predicted molar refractivity (Wildman–Crippen MR) is 43.3 cm³/mol. The Kier molecular flexibility index (Phi) is 6.72. The van der Waals surface area contributed by atoms with Gasteiger partial charge in [-0.05, 0) is 6.92 Å². The van der Waals surface area contributed by atoms with E-state index in [2.05, 4.69) is 0 Å². The normalized spacial score (nSPS) is 11.6. The third-order valence-electron chi connectivity index (χ3n) is 0.871. The molecular formula is C9H11N. The van der Waals surface area contributed by atoms with Crippen LogP contribution < -0.4 is 0 Å². The van der Waals surface area contributed by atoms with E-state index in [1.54, 1.807) is 0 Å². The molecule has 0 aliphatic heterocycles. The van der Waals surface area contributed by atoms with Gasteiger partial charge in [-0.25, -0.2) is 0 Å². The number of rotatable bonds is 3. The lowest BCUT2D eigenvalue weighted by Crippen LogP contribution is -1.54. The van der Waals surface area contributed by atoms with Crippen molar-refractivity contribution >= 4 is 0 Å². The van der Waals surface area contributed by atoms with Crippen LogP contribution >= 0.6 is 0 Å². The minimum absolute atomic E-state index is 0.486. The number of allylic oxidation sites excluding steroid dienone is 6. The Morgan fingerprint density at radius 2 is 1.90 bits per heavy atom. The van der Waals surface area contributed by atoms with Crippen LogP contribution in [0.3, 0.4) is 0 Å². The average Bonchev–Trinajstić information content (AvgIpc) is 1.97. The van der Waals surface area contributed by atoms with Crippen LogP contribution in [0, 0.1) is 11.3 Å². The summed E-state index contributed by atoms with van der Waals surface area (Å²) in [6, 6.07) is 2.02. The van der Waals surface area contributed by atoms with Crippen LogP contribution in [0.2, 0.25) is 0 Å². The van der Waals surface area contributed by atoms with Crippen LogP contribution in [-0.4, -0.2) is 0 Å². The minimum atomic E-state index is 0.486. The summed E-state index contributed by atoms with van der Waals surface area (Å²) >= 11 is 0. The van der Waals surface area contributed by atoms with Crippen LogP contribution in [0.15, 0.2) is 36.5 Å². The molecule has 0 aromatic carbocycles. The fourth-order valence-corrected chi connectivity index (χ4v) is 0.439. The van der Waals surface area contributed by atoms with Crippen LogP contribution in [0.4, 0.5) is 0 Å². The molecule has 0 spiro atoms. The number of nitriles is 1. The lowest BCUT2D eigenvalue weighted by atomic mass is 10.3. The zero-order valence-electron chi connectivity index (χ0n) is 6.12. The maximum absolute atomic E-state index is 8.13. The molecule has 0 aliphatic rings. The van der Waals surface area contributed by atoms with E-state index >= 15 is 0 Å². The van der Waals surface area contributed by atoms with E-state index in [-0.39, 0.29) is 0 Å². The topological polar surface area (TPSA) is 23.8 Å².